The number of aromatic amines is 1. The molecule has 1 aliphatic carbocycles. The van der Waals surface area contributed by atoms with E-state index < -0.39 is 0 Å². The summed E-state index contributed by atoms with van der Waals surface area (Å²) in [4.78, 5) is 18.3. The second-order valence-electron chi connectivity index (χ2n) is 9.71. The molecule has 2 aromatic carbocycles. The van der Waals surface area contributed by atoms with Crippen molar-refractivity contribution < 1.29 is 4.39 Å². The highest BCUT2D eigenvalue weighted by Crippen LogP contribution is 2.28. The number of rotatable bonds is 7. The number of fused-ring (bicyclic) bond motifs is 1. The first kappa shape index (κ1) is 23.4. The zero-order chi connectivity index (χ0) is 24.4. The molecule has 2 heterocycles. The van der Waals surface area contributed by atoms with Crippen molar-refractivity contribution in [2.75, 3.05) is 0 Å². The van der Waals surface area contributed by atoms with E-state index in [1.807, 2.05) is 23.7 Å². The minimum absolute atomic E-state index is 0.0952. The van der Waals surface area contributed by atoms with Crippen LogP contribution in [0.25, 0.3) is 10.9 Å². The lowest BCUT2D eigenvalue weighted by atomic mass is 9.95. The van der Waals surface area contributed by atoms with Crippen molar-refractivity contribution in [2.45, 2.75) is 71.6 Å². The van der Waals surface area contributed by atoms with E-state index in [4.69, 9.17) is 0 Å². The van der Waals surface area contributed by atoms with Crippen molar-refractivity contribution in [3.63, 3.8) is 0 Å². The molecule has 1 fully saturated rings. The van der Waals surface area contributed by atoms with Crippen LogP contribution in [0.15, 0.2) is 47.3 Å². The van der Waals surface area contributed by atoms with Gasteiger partial charge in [0.1, 0.15) is 5.82 Å². The van der Waals surface area contributed by atoms with Gasteiger partial charge in [-0.2, -0.15) is 0 Å². The van der Waals surface area contributed by atoms with Crippen LogP contribution in [0.2, 0.25) is 0 Å². The summed E-state index contributed by atoms with van der Waals surface area (Å²) in [5.74, 6) is 0.529. The van der Waals surface area contributed by atoms with Crippen LogP contribution < -0.4 is 5.56 Å². The average Bonchev–Trinajstić information content (AvgIpc) is 3.32. The summed E-state index contributed by atoms with van der Waals surface area (Å²) in [6.07, 6.45) is 5.80. The number of hydrogen-bond donors (Lipinski definition) is 1. The maximum atomic E-state index is 13.5. The van der Waals surface area contributed by atoms with E-state index in [1.165, 1.54) is 31.4 Å². The minimum Gasteiger partial charge on any atom is -0.321 e. The number of hydrogen-bond acceptors (Lipinski definition) is 5. The minimum atomic E-state index is -0.265. The number of halogens is 1. The van der Waals surface area contributed by atoms with Crippen LogP contribution >= 0.6 is 0 Å². The molecule has 2 aromatic heterocycles. The normalized spacial score (nSPS) is 14.7. The van der Waals surface area contributed by atoms with Crippen molar-refractivity contribution in [3.05, 3.63) is 86.7 Å². The molecule has 8 heteroatoms. The van der Waals surface area contributed by atoms with Crippen LogP contribution in [0.3, 0.4) is 0 Å². The summed E-state index contributed by atoms with van der Waals surface area (Å²) < 4.78 is 15.5. The van der Waals surface area contributed by atoms with E-state index in [9.17, 15) is 9.18 Å². The number of aromatic nitrogens is 5. The summed E-state index contributed by atoms with van der Waals surface area (Å²) in [6.45, 7) is 5.52. The molecule has 0 radical (unpaired) electrons. The van der Waals surface area contributed by atoms with Crippen molar-refractivity contribution in [1.29, 1.82) is 0 Å². The van der Waals surface area contributed by atoms with Crippen LogP contribution in [0.1, 0.15) is 66.2 Å². The molecule has 7 nitrogen and oxygen atoms in total. The summed E-state index contributed by atoms with van der Waals surface area (Å²) in [5.41, 5.74) is 4.60. The highest BCUT2D eigenvalue weighted by atomic mass is 19.1. The van der Waals surface area contributed by atoms with Gasteiger partial charge < -0.3 is 4.98 Å². The summed E-state index contributed by atoms with van der Waals surface area (Å²) in [7, 11) is 0. The third kappa shape index (κ3) is 5.17. The van der Waals surface area contributed by atoms with Crippen LogP contribution in [0, 0.1) is 19.7 Å². The molecule has 1 aliphatic rings. The fourth-order valence-corrected chi connectivity index (χ4v) is 5.12. The molecule has 0 unspecified atom stereocenters. The number of nitrogens with zero attached hydrogens (tertiary/aromatic N) is 5. The van der Waals surface area contributed by atoms with Crippen molar-refractivity contribution >= 4 is 10.9 Å². The van der Waals surface area contributed by atoms with E-state index >= 15 is 0 Å². The Bertz CT molecular complexity index is 1370. The highest BCUT2D eigenvalue weighted by Gasteiger charge is 2.22. The number of aryl methyl sites for hydroxylation is 2. The molecule has 4 aromatic rings. The highest BCUT2D eigenvalue weighted by molar-refractivity contribution is 5.85. The number of pyridine rings is 1. The molecule has 0 amide bonds. The quantitative estimate of drug-likeness (QED) is 0.409. The molecule has 0 saturated heterocycles. The first-order valence-corrected chi connectivity index (χ1v) is 12.3. The molecule has 0 spiro atoms. The second-order valence-corrected chi connectivity index (χ2v) is 9.71. The summed E-state index contributed by atoms with van der Waals surface area (Å²) in [6, 6.07) is 12.9. The Morgan fingerprint density at radius 2 is 1.74 bits per heavy atom. The van der Waals surface area contributed by atoms with Crippen LogP contribution in [-0.4, -0.2) is 30.1 Å². The predicted molar refractivity (Wildman–Crippen MR) is 133 cm³/mol. The number of benzene rings is 2. The molecule has 0 aliphatic heterocycles. The van der Waals surface area contributed by atoms with Crippen molar-refractivity contribution in [1.82, 2.24) is 30.1 Å². The molecule has 182 valence electrons. The fourth-order valence-electron chi connectivity index (χ4n) is 5.12. The zero-order valence-electron chi connectivity index (χ0n) is 20.3. The molecular weight excluding hydrogens is 443 g/mol. The smallest absolute Gasteiger partial charge is 0.252 e. The standard InChI is InChI=1S/C27H31FN6O/c1-18-8-9-19(2)26-24(18)14-21(27(35)29-26)16-33(15-20-10-12-22(28)13-11-20)17-25-30-31-32-34(25)23-6-4-3-5-7-23/h8-14,23H,3-7,15-17H2,1-2H3,(H,29,35). The van der Waals surface area contributed by atoms with Gasteiger partial charge in [0.05, 0.1) is 18.1 Å². The lowest BCUT2D eigenvalue weighted by Crippen LogP contribution is -2.29. The van der Waals surface area contributed by atoms with Crippen molar-refractivity contribution in [2.24, 2.45) is 0 Å². The SMILES string of the molecule is Cc1ccc(C)c2[nH]c(=O)c(CN(Cc3ccc(F)cc3)Cc3nnnn3C3CCCCC3)cc12. The lowest BCUT2D eigenvalue weighted by Gasteiger charge is -2.25. The number of tetrazole rings is 1. The molecular formula is C27H31FN6O. The summed E-state index contributed by atoms with van der Waals surface area (Å²) in [5, 5.41) is 13.7. The maximum Gasteiger partial charge on any atom is 0.252 e. The molecule has 1 saturated carbocycles. The van der Waals surface area contributed by atoms with Crippen molar-refractivity contribution in [3.8, 4) is 0 Å². The van der Waals surface area contributed by atoms with Gasteiger partial charge in [-0.15, -0.1) is 5.10 Å². The Morgan fingerprint density at radius 3 is 2.51 bits per heavy atom. The topological polar surface area (TPSA) is 79.7 Å². The van der Waals surface area contributed by atoms with Gasteiger partial charge in [0, 0.05) is 24.0 Å². The second kappa shape index (κ2) is 10.1. The molecule has 5 rings (SSSR count). The predicted octanol–water partition coefficient (Wildman–Crippen LogP) is 4.98. The average molecular weight is 475 g/mol. The van der Waals surface area contributed by atoms with Gasteiger partial charge in [0.2, 0.25) is 0 Å². The molecule has 0 atom stereocenters. The molecule has 1 N–H and O–H groups in total. The van der Waals surface area contributed by atoms with Gasteiger partial charge >= 0.3 is 0 Å². The fraction of sp³-hybridized carbons (Fsp3) is 0.407. The Balaban J connectivity index is 1.47. The third-order valence-corrected chi connectivity index (χ3v) is 7.08. The largest absolute Gasteiger partial charge is 0.321 e. The Kier molecular flexibility index (Phi) is 6.72. The number of nitrogens with one attached hydrogen (secondary N) is 1. The Labute approximate surface area is 204 Å². The lowest BCUT2D eigenvalue weighted by molar-refractivity contribution is 0.225. The van der Waals surface area contributed by atoms with E-state index in [0.717, 1.165) is 46.3 Å². The Morgan fingerprint density at radius 1 is 1.00 bits per heavy atom. The first-order valence-electron chi connectivity index (χ1n) is 12.3. The number of H-pyrrole nitrogens is 1. The maximum absolute atomic E-state index is 13.5. The van der Waals surface area contributed by atoms with Crippen LogP contribution in [0.5, 0.6) is 0 Å². The van der Waals surface area contributed by atoms with Gasteiger partial charge in [-0.3, -0.25) is 9.69 Å². The van der Waals surface area contributed by atoms with Gasteiger partial charge in [-0.1, -0.05) is 43.5 Å². The Hall–Kier alpha value is -3.39. The van der Waals surface area contributed by atoms with E-state index in [0.29, 0.717) is 31.2 Å². The van der Waals surface area contributed by atoms with E-state index in [1.54, 1.807) is 12.1 Å². The zero-order valence-corrected chi connectivity index (χ0v) is 20.3. The van der Waals surface area contributed by atoms with Gasteiger partial charge in [-0.25, -0.2) is 9.07 Å². The van der Waals surface area contributed by atoms with Crippen LogP contribution in [-0.2, 0) is 19.6 Å². The van der Waals surface area contributed by atoms with E-state index in [2.05, 4.69) is 38.4 Å². The van der Waals surface area contributed by atoms with Gasteiger partial charge in [0.15, 0.2) is 5.82 Å². The summed E-state index contributed by atoms with van der Waals surface area (Å²) >= 11 is 0. The van der Waals surface area contributed by atoms with Gasteiger partial charge in [-0.05, 0) is 72.0 Å². The van der Waals surface area contributed by atoms with Crippen LogP contribution in [0.4, 0.5) is 4.39 Å². The molecule has 35 heavy (non-hydrogen) atoms. The first-order chi connectivity index (χ1) is 17.0. The molecule has 0 bridgehead atoms. The van der Waals surface area contributed by atoms with Gasteiger partial charge in [0.25, 0.3) is 5.56 Å². The third-order valence-electron chi connectivity index (χ3n) is 7.08. The van der Waals surface area contributed by atoms with E-state index in [-0.39, 0.29) is 11.4 Å². The monoisotopic (exact) mass is 474 g/mol.